The first-order chi connectivity index (χ1) is 14.5. The quantitative estimate of drug-likeness (QED) is 0.659. The topological polar surface area (TPSA) is 56.0 Å². The highest BCUT2D eigenvalue weighted by Crippen LogP contribution is 2.46. The Morgan fingerprint density at radius 2 is 1.71 bits per heavy atom. The lowest BCUT2D eigenvalue weighted by Crippen LogP contribution is -2.40. The van der Waals surface area contributed by atoms with Gasteiger partial charge in [0, 0.05) is 17.6 Å². The van der Waals surface area contributed by atoms with E-state index in [1.165, 1.54) is 12.1 Å². The highest BCUT2D eigenvalue weighted by atomic mass is 32.1. The Morgan fingerprint density at radius 3 is 2.35 bits per heavy atom. The number of fused-ring (bicyclic) bond motifs is 1. The minimum atomic E-state index is -0.762. The lowest BCUT2D eigenvalue weighted by molar-refractivity contribution is -0.225. The van der Waals surface area contributed by atoms with Gasteiger partial charge in [-0.1, -0.05) is 0 Å². The van der Waals surface area contributed by atoms with Crippen molar-refractivity contribution in [2.24, 2.45) is 0 Å². The predicted octanol–water partition coefficient (Wildman–Crippen LogP) is 4.02. The van der Waals surface area contributed by atoms with E-state index in [0.717, 1.165) is 11.4 Å². The highest BCUT2D eigenvalue weighted by molar-refractivity contribution is 7.71. The van der Waals surface area contributed by atoms with Crippen molar-refractivity contribution in [1.29, 1.82) is 0 Å². The number of nitrogens with zero attached hydrogens (tertiary/aromatic N) is 2. The molecule has 1 aromatic carbocycles. The Hall–Kier alpha value is -1.62. The van der Waals surface area contributed by atoms with Crippen molar-refractivity contribution in [1.82, 2.24) is 9.13 Å². The van der Waals surface area contributed by atoms with Crippen LogP contribution in [-0.4, -0.2) is 51.9 Å². The second-order valence-corrected chi connectivity index (χ2v) is 9.56. The molecule has 31 heavy (non-hydrogen) atoms. The summed E-state index contributed by atoms with van der Waals surface area (Å²) in [5, 5.41) is 0. The summed E-state index contributed by atoms with van der Waals surface area (Å²) in [5.41, 5.74) is 1.71. The van der Waals surface area contributed by atoms with Gasteiger partial charge in [0.1, 0.15) is 24.1 Å². The Morgan fingerprint density at radius 1 is 1.00 bits per heavy atom. The summed E-state index contributed by atoms with van der Waals surface area (Å²) >= 11 is 5.86. The van der Waals surface area contributed by atoms with Gasteiger partial charge in [0.15, 0.2) is 22.6 Å². The Balaban J connectivity index is 1.56. The first-order valence-electron chi connectivity index (χ1n) is 10.4. The number of rotatable bonds is 3. The van der Waals surface area contributed by atoms with Gasteiger partial charge in [0.2, 0.25) is 0 Å². The van der Waals surface area contributed by atoms with E-state index in [1.54, 1.807) is 12.1 Å². The number of aromatic nitrogens is 2. The summed E-state index contributed by atoms with van der Waals surface area (Å²) in [5.74, 6) is -1.74. The van der Waals surface area contributed by atoms with Crippen LogP contribution in [0.2, 0.25) is 0 Å². The molecule has 9 heteroatoms. The number of halogens is 1. The number of hydrogen-bond acceptors (Lipinski definition) is 6. The molecule has 2 aromatic rings. The van der Waals surface area contributed by atoms with Crippen molar-refractivity contribution in [3.8, 4) is 5.69 Å². The van der Waals surface area contributed by atoms with E-state index in [-0.39, 0.29) is 30.2 Å². The van der Waals surface area contributed by atoms with Gasteiger partial charge in [-0.15, -0.1) is 0 Å². The molecular formula is C22H27FN2O5S. The first kappa shape index (κ1) is 21.2. The predicted molar refractivity (Wildman–Crippen MR) is 112 cm³/mol. The van der Waals surface area contributed by atoms with Crippen LogP contribution < -0.4 is 0 Å². The summed E-state index contributed by atoms with van der Waals surface area (Å²) in [4.78, 5) is 0. The molecule has 5 rings (SSSR count). The molecule has 3 saturated heterocycles. The van der Waals surface area contributed by atoms with E-state index in [1.807, 2.05) is 49.9 Å². The SMILES string of the molecule is Cc1cn([C@@H]2[C@H]3OC(C)(C)O[C@H]3O[C@@H]2[C@H]2COC(C)(C)O2)c(=S)n1-c1ccc(F)cc1. The number of hydrogen-bond donors (Lipinski definition) is 0. The maximum Gasteiger partial charge on any atom is 0.189 e. The third-order valence-corrected chi connectivity index (χ3v) is 6.34. The van der Waals surface area contributed by atoms with Gasteiger partial charge in [0.25, 0.3) is 0 Å². The molecule has 0 amide bonds. The van der Waals surface area contributed by atoms with Crippen molar-refractivity contribution in [2.75, 3.05) is 6.61 Å². The Labute approximate surface area is 185 Å². The largest absolute Gasteiger partial charge is 0.348 e. The van der Waals surface area contributed by atoms with Crippen molar-refractivity contribution >= 4 is 12.2 Å². The fourth-order valence-electron chi connectivity index (χ4n) is 4.72. The molecule has 3 fully saturated rings. The molecule has 5 atom stereocenters. The summed E-state index contributed by atoms with van der Waals surface area (Å²) in [6.45, 7) is 9.87. The summed E-state index contributed by atoms with van der Waals surface area (Å²) in [6, 6.07) is 5.99. The van der Waals surface area contributed by atoms with Crippen molar-refractivity contribution in [2.45, 2.75) is 76.8 Å². The minimum Gasteiger partial charge on any atom is -0.348 e. The normalized spacial score (nSPS) is 33.7. The second-order valence-electron chi connectivity index (χ2n) is 9.20. The second kappa shape index (κ2) is 7.19. The summed E-state index contributed by atoms with van der Waals surface area (Å²) in [6.07, 6.45) is 0.418. The lowest BCUT2D eigenvalue weighted by Gasteiger charge is -2.29. The van der Waals surface area contributed by atoms with Gasteiger partial charge >= 0.3 is 0 Å². The fourth-order valence-corrected chi connectivity index (χ4v) is 5.14. The first-order valence-corrected chi connectivity index (χ1v) is 10.8. The van der Waals surface area contributed by atoms with E-state index < -0.39 is 17.9 Å². The average Bonchev–Trinajstić information content (AvgIpc) is 3.36. The lowest BCUT2D eigenvalue weighted by atomic mass is 10.0. The molecule has 1 aromatic heterocycles. The van der Waals surface area contributed by atoms with Crippen molar-refractivity contribution < 1.29 is 28.1 Å². The van der Waals surface area contributed by atoms with E-state index in [9.17, 15) is 4.39 Å². The molecule has 0 N–H and O–H groups in total. The average molecular weight is 451 g/mol. The van der Waals surface area contributed by atoms with Crippen LogP contribution in [0.25, 0.3) is 5.69 Å². The number of aryl methyl sites for hydroxylation is 1. The van der Waals surface area contributed by atoms with E-state index in [0.29, 0.717) is 11.4 Å². The standard InChI is InChI=1S/C22H27FN2O5S/c1-12-10-24(20(31)25(12)14-8-6-13(23)7-9-14)16-17(15-11-26-21(2,3)28-15)27-19-18(16)29-22(4,5)30-19/h6-10,15-19H,11H2,1-5H3/t15-,16+,17-,18-,19-/m1/s1. The zero-order chi connectivity index (χ0) is 22.1. The summed E-state index contributed by atoms with van der Waals surface area (Å²) < 4.78 is 48.4. The zero-order valence-corrected chi connectivity index (χ0v) is 19.0. The highest BCUT2D eigenvalue weighted by Gasteiger charge is 2.59. The number of imidazole rings is 1. The molecule has 0 aliphatic carbocycles. The van der Waals surface area contributed by atoms with E-state index >= 15 is 0 Å². The molecule has 0 radical (unpaired) electrons. The summed E-state index contributed by atoms with van der Waals surface area (Å²) in [7, 11) is 0. The Bertz CT molecular complexity index is 1050. The molecule has 3 aliphatic heterocycles. The van der Waals surface area contributed by atoms with Gasteiger partial charge in [-0.2, -0.15) is 0 Å². The minimum absolute atomic E-state index is 0.276. The molecule has 3 aliphatic rings. The van der Waals surface area contributed by atoms with Gasteiger partial charge in [0.05, 0.1) is 12.6 Å². The maximum atomic E-state index is 13.4. The van der Waals surface area contributed by atoms with Crippen LogP contribution in [0.5, 0.6) is 0 Å². The van der Waals surface area contributed by atoms with Crippen LogP contribution in [0, 0.1) is 17.5 Å². The van der Waals surface area contributed by atoms with Gasteiger partial charge < -0.3 is 28.3 Å². The van der Waals surface area contributed by atoms with Crippen molar-refractivity contribution in [3.63, 3.8) is 0 Å². The van der Waals surface area contributed by atoms with Gasteiger partial charge in [-0.3, -0.25) is 4.57 Å². The smallest absolute Gasteiger partial charge is 0.189 e. The van der Waals surface area contributed by atoms with Gasteiger partial charge in [-0.05, 0) is 71.1 Å². The van der Waals surface area contributed by atoms with Crippen LogP contribution in [0.4, 0.5) is 4.39 Å². The van der Waals surface area contributed by atoms with E-state index in [4.69, 9.17) is 35.9 Å². The molecule has 0 bridgehead atoms. The van der Waals surface area contributed by atoms with Crippen molar-refractivity contribution in [3.05, 3.63) is 46.7 Å². The molecule has 0 unspecified atom stereocenters. The third-order valence-electron chi connectivity index (χ3n) is 5.95. The maximum absolute atomic E-state index is 13.4. The van der Waals surface area contributed by atoms with Crippen LogP contribution >= 0.6 is 12.2 Å². The molecule has 0 spiro atoms. The van der Waals surface area contributed by atoms with Crippen LogP contribution in [0.1, 0.15) is 39.4 Å². The van der Waals surface area contributed by atoms with Crippen LogP contribution in [0.3, 0.4) is 0 Å². The fraction of sp³-hybridized carbons (Fsp3) is 0.591. The molecular weight excluding hydrogens is 423 g/mol. The van der Waals surface area contributed by atoms with Gasteiger partial charge in [-0.25, -0.2) is 4.39 Å². The molecule has 4 heterocycles. The Kier molecular flexibility index (Phi) is 4.93. The zero-order valence-electron chi connectivity index (χ0n) is 18.2. The molecule has 168 valence electrons. The monoisotopic (exact) mass is 450 g/mol. The third kappa shape index (κ3) is 3.67. The van der Waals surface area contributed by atoms with Crippen LogP contribution in [0.15, 0.2) is 30.5 Å². The molecule has 7 nitrogen and oxygen atoms in total. The molecule has 0 saturated carbocycles. The number of benzene rings is 1. The van der Waals surface area contributed by atoms with E-state index in [2.05, 4.69) is 0 Å². The number of ether oxygens (including phenoxy) is 5. The van der Waals surface area contributed by atoms with Crippen LogP contribution in [-0.2, 0) is 23.7 Å².